The Bertz CT molecular complexity index is 1440. The molecule has 174 valence electrons. The van der Waals surface area contributed by atoms with E-state index in [-0.39, 0.29) is 18.4 Å². The summed E-state index contributed by atoms with van der Waals surface area (Å²) in [4.78, 5) is 33.2. The number of nitrogens with zero attached hydrogens (tertiary/aromatic N) is 2. The van der Waals surface area contributed by atoms with Gasteiger partial charge in [0, 0.05) is 29.5 Å². The van der Waals surface area contributed by atoms with Gasteiger partial charge in [0.2, 0.25) is 0 Å². The van der Waals surface area contributed by atoms with Gasteiger partial charge in [0.05, 0.1) is 38.4 Å². The fourth-order valence-corrected chi connectivity index (χ4v) is 5.39. The molecule has 0 fully saturated rings. The van der Waals surface area contributed by atoms with Gasteiger partial charge in [0.1, 0.15) is 0 Å². The lowest BCUT2D eigenvalue weighted by Gasteiger charge is -2.23. The quantitative estimate of drug-likeness (QED) is 0.417. The van der Waals surface area contributed by atoms with Crippen LogP contribution in [0.25, 0.3) is 0 Å². The number of carbonyl (C=O) groups is 2. The molecule has 1 aliphatic heterocycles. The summed E-state index contributed by atoms with van der Waals surface area (Å²) in [6, 6.07) is 22.7. The Hall–Kier alpha value is -3.81. The molecule has 0 unspecified atom stereocenters. The highest BCUT2D eigenvalue weighted by atomic mass is 35.5. The van der Waals surface area contributed by atoms with Crippen LogP contribution in [-0.2, 0) is 23.9 Å². The third-order valence-corrected chi connectivity index (χ3v) is 7.46. The van der Waals surface area contributed by atoms with Crippen LogP contribution in [0.2, 0.25) is 5.02 Å². The number of benzene rings is 3. The molecule has 2 amide bonds. The van der Waals surface area contributed by atoms with Crippen molar-refractivity contribution in [1.29, 1.82) is 0 Å². The molecular formula is C27H20ClN3O3S. The van der Waals surface area contributed by atoms with Gasteiger partial charge in [-0.2, -0.15) is 0 Å². The summed E-state index contributed by atoms with van der Waals surface area (Å²) in [7, 11) is -1.59. The van der Waals surface area contributed by atoms with Crippen LogP contribution in [0.4, 0.5) is 5.69 Å². The zero-order valence-electron chi connectivity index (χ0n) is 18.5. The van der Waals surface area contributed by atoms with Gasteiger partial charge in [0.25, 0.3) is 11.8 Å². The van der Waals surface area contributed by atoms with Crippen molar-refractivity contribution in [2.24, 2.45) is 0 Å². The van der Waals surface area contributed by atoms with Gasteiger partial charge in [-0.15, -0.1) is 0 Å². The number of halogens is 1. The predicted octanol–water partition coefficient (Wildman–Crippen LogP) is 4.99. The van der Waals surface area contributed by atoms with Crippen molar-refractivity contribution in [2.45, 2.75) is 22.9 Å². The second-order valence-electron chi connectivity index (χ2n) is 8.01. The van der Waals surface area contributed by atoms with E-state index in [1.165, 1.54) is 0 Å². The maximum absolute atomic E-state index is 13.7. The van der Waals surface area contributed by atoms with E-state index >= 15 is 0 Å². The molecule has 0 bridgehead atoms. The molecule has 0 radical (unpaired) electrons. The van der Waals surface area contributed by atoms with Gasteiger partial charge >= 0.3 is 0 Å². The van der Waals surface area contributed by atoms with Crippen molar-refractivity contribution in [3.63, 3.8) is 0 Å². The Balaban J connectivity index is 1.54. The van der Waals surface area contributed by atoms with Crippen molar-refractivity contribution < 1.29 is 13.8 Å². The summed E-state index contributed by atoms with van der Waals surface area (Å²) >= 11 is 6.04. The Morgan fingerprint density at radius 2 is 1.74 bits per heavy atom. The average molecular weight is 502 g/mol. The van der Waals surface area contributed by atoms with Crippen LogP contribution in [0.3, 0.4) is 0 Å². The number of fused-ring (bicyclic) bond motifs is 2. The number of anilines is 1. The minimum absolute atomic E-state index is 0.231. The molecule has 8 heteroatoms. The zero-order valence-corrected chi connectivity index (χ0v) is 20.1. The highest BCUT2D eigenvalue weighted by Crippen LogP contribution is 2.36. The van der Waals surface area contributed by atoms with E-state index in [0.717, 1.165) is 11.1 Å². The number of hydrogen-bond donors (Lipinski definition) is 1. The minimum atomic E-state index is -1.59. The smallest absolute Gasteiger partial charge is 0.259 e. The van der Waals surface area contributed by atoms with Crippen molar-refractivity contribution in [3.8, 4) is 0 Å². The average Bonchev–Trinajstić information content (AvgIpc) is 2.98. The predicted molar refractivity (Wildman–Crippen MR) is 135 cm³/mol. The monoisotopic (exact) mass is 501 g/mol. The molecule has 5 rings (SSSR count). The molecule has 1 N–H and O–H groups in total. The number of hydrogen-bond acceptors (Lipinski definition) is 4. The summed E-state index contributed by atoms with van der Waals surface area (Å²) in [5.74, 6) is -0.585. The van der Waals surface area contributed by atoms with E-state index in [2.05, 4.69) is 10.3 Å². The van der Waals surface area contributed by atoms with Crippen LogP contribution in [0, 0.1) is 0 Å². The maximum atomic E-state index is 13.7. The Morgan fingerprint density at radius 3 is 2.51 bits per heavy atom. The largest absolute Gasteiger partial charge is 0.348 e. The number of aromatic nitrogens is 1. The lowest BCUT2D eigenvalue weighted by Crippen LogP contribution is -2.31. The van der Waals surface area contributed by atoms with E-state index in [1.807, 2.05) is 18.2 Å². The first kappa shape index (κ1) is 23.0. The van der Waals surface area contributed by atoms with E-state index in [4.69, 9.17) is 11.6 Å². The van der Waals surface area contributed by atoms with E-state index < -0.39 is 10.8 Å². The molecule has 3 aromatic carbocycles. The Kier molecular flexibility index (Phi) is 6.44. The fraction of sp³-hybridized carbons (Fsp3) is 0.0741. The van der Waals surface area contributed by atoms with Crippen LogP contribution < -0.4 is 10.2 Å². The first-order valence-electron chi connectivity index (χ1n) is 10.9. The standard InChI is InChI=1S/C27H20ClN3O3S/c28-21-10-7-18(8-11-21)17-31-23-14-20(26(32)30-16-19-4-3-13-29-15-19)9-12-25(23)35(34)24-6-2-1-5-22(24)27(31)33/h1-15H,16-17H2,(H,30,32)/t35-/m0/s1. The molecule has 4 aromatic rings. The summed E-state index contributed by atoms with van der Waals surface area (Å²) in [6.07, 6.45) is 3.35. The SMILES string of the molecule is O=C(NCc1cccnc1)c1ccc2c(c1)N(Cc1ccc(Cl)cc1)C(=O)c1ccccc1[S@@]2=O. The molecule has 0 aliphatic carbocycles. The summed E-state index contributed by atoms with van der Waals surface area (Å²) in [6.45, 7) is 0.545. The number of pyridine rings is 1. The second-order valence-corrected chi connectivity index (χ2v) is 9.86. The second kappa shape index (κ2) is 9.82. The lowest BCUT2D eigenvalue weighted by molar-refractivity contribution is 0.0947. The highest BCUT2D eigenvalue weighted by Gasteiger charge is 2.31. The third-order valence-electron chi connectivity index (χ3n) is 5.70. The van der Waals surface area contributed by atoms with Crippen LogP contribution in [0.15, 0.2) is 101 Å². The van der Waals surface area contributed by atoms with Crippen molar-refractivity contribution in [2.75, 3.05) is 4.90 Å². The summed E-state index contributed by atoms with van der Waals surface area (Å²) in [5, 5.41) is 3.47. The summed E-state index contributed by atoms with van der Waals surface area (Å²) < 4.78 is 13.5. The van der Waals surface area contributed by atoms with E-state index in [1.54, 1.807) is 78.0 Å². The van der Waals surface area contributed by atoms with Crippen LogP contribution in [0.5, 0.6) is 0 Å². The molecule has 1 aliphatic rings. The lowest BCUT2D eigenvalue weighted by atomic mass is 10.1. The maximum Gasteiger partial charge on any atom is 0.259 e. The van der Waals surface area contributed by atoms with Gasteiger partial charge in [-0.1, -0.05) is 41.9 Å². The van der Waals surface area contributed by atoms with Crippen LogP contribution in [-0.4, -0.2) is 21.0 Å². The molecule has 1 atom stereocenters. The molecular weight excluding hydrogens is 482 g/mol. The molecule has 0 saturated heterocycles. The zero-order chi connectivity index (χ0) is 24.4. The Labute approximate surface area is 210 Å². The van der Waals surface area contributed by atoms with Crippen LogP contribution in [0.1, 0.15) is 31.8 Å². The van der Waals surface area contributed by atoms with Gasteiger partial charge in [-0.3, -0.25) is 14.6 Å². The number of carbonyl (C=O) groups excluding carboxylic acids is 2. The fourth-order valence-electron chi connectivity index (χ4n) is 3.92. The van der Waals surface area contributed by atoms with E-state index in [9.17, 15) is 13.8 Å². The highest BCUT2D eigenvalue weighted by molar-refractivity contribution is 7.85. The molecule has 35 heavy (non-hydrogen) atoms. The topological polar surface area (TPSA) is 79.4 Å². The first-order valence-corrected chi connectivity index (χ1v) is 12.4. The third kappa shape index (κ3) is 4.73. The van der Waals surface area contributed by atoms with Crippen LogP contribution >= 0.6 is 11.6 Å². The summed E-state index contributed by atoms with van der Waals surface area (Å²) in [5.41, 5.74) is 2.90. The molecule has 2 heterocycles. The molecule has 6 nitrogen and oxygen atoms in total. The van der Waals surface area contributed by atoms with E-state index in [0.29, 0.717) is 38.2 Å². The Morgan fingerprint density at radius 1 is 0.943 bits per heavy atom. The van der Waals surface area contributed by atoms with Gasteiger partial charge in [0.15, 0.2) is 0 Å². The van der Waals surface area contributed by atoms with Crippen molar-refractivity contribution in [3.05, 3.63) is 119 Å². The van der Waals surface area contributed by atoms with Crippen molar-refractivity contribution >= 4 is 39.9 Å². The molecule has 1 aromatic heterocycles. The van der Waals surface area contributed by atoms with Gasteiger partial charge in [-0.25, -0.2) is 4.21 Å². The van der Waals surface area contributed by atoms with Gasteiger partial charge < -0.3 is 10.2 Å². The number of rotatable bonds is 5. The molecule has 0 spiro atoms. The van der Waals surface area contributed by atoms with Gasteiger partial charge in [-0.05, 0) is 59.7 Å². The van der Waals surface area contributed by atoms with Crippen molar-refractivity contribution in [1.82, 2.24) is 10.3 Å². The first-order chi connectivity index (χ1) is 17.0. The number of amides is 2. The normalized spacial score (nSPS) is 14.6. The molecule has 0 saturated carbocycles. The minimum Gasteiger partial charge on any atom is -0.348 e. The number of nitrogens with one attached hydrogen (secondary N) is 1.